The molecular weight excluding hydrogens is 436 g/mol. The molecule has 2 atom stereocenters. The summed E-state index contributed by atoms with van der Waals surface area (Å²) in [4.78, 5) is 35.8. The minimum atomic E-state index is -1.86. The van der Waals surface area contributed by atoms with Gasteiger partial charge in [0.2, 0.25) is 12.3 Å². The number of nitrogens with zero attached hydrogens (tertiary/aromatic N) is 3. The van der Waals surface area contributed by atoms with E-state index in [0.717, 1.165) is 4.52 Å². The van der Waals surface area contributed by atoms with Crippen molar-refractivity contribution in [1.29, 1.82) is 0 Å². The first kappa shape index (κ1) is 26.0. The Labute approximate surface area is 190 Å². The second-order valence-electron chi connectivity index (χ2n) is 8.19. The summed E-state index contributed by atoms with van der Waals surface area (Å²) in [5, 5.41) is 19.8. The summed E-state index contributed by atoms with van der Waals surface area (Å²) in [6.07, 6.45) is -0.0913. The predicted molar refractivity (Wildman–Crippen MR) is 121 cm³/mol. The van der Waals surface area contributed by atoms with Crippen LogP contribution in [0.2, 0.25) is 0 Å². The summed E-state index contributed by atoms with van der Waals surface area (Å²) in [6.45, 7) is 7.51. The van der Waals surface area contributed by atoms with Crippen molar-refractivity contribution in [2.45, 2.75) is 59.4 Å². The van der Waals surface area contributed by atoms with Gasteiger partial charge in [0.25, 0.3) is 11.5 Å². The molecule has 0 fully saturated rings. The Balaban J connectivity index is 2.54. The number of aryl methyl sites for hydroxylation is 1. The van der Waals surface area contributed by atoms with Gasteiger partial charge >= 0.3 is 0 Å². The number of rotatable bonds is 12. The molecule has 9 nitrogen and oxygen atoms in total. The van der Waals surface area contributed by atoms with Crippen LogP contribution in [0.1, 0.15) is 55.2 Å². The Bertz CT molecular complexity index is 1080. The third kappa shape index (κ3) is 5.96. The van der Waals surface area contributed by atoms with E-state index in [1.54, 1.807) is 6.92 Å². The Morgan fingerprint density at radius 2 is 1.97 bits per heavy atom. The highest BCUT2D eigenvalue weighted by Gasteiger charge is 2.26. The summed E-state index contributed by atoms with van der Waals surface area (Å²) in [7, 11) is 0. The van der Waals surface area contributed by atoms with Crippen molar-refractivity contribution in [3.8, 4) is 5.88 Å². The molecule has 2 rings (SSSR count). The lowest BCUT2D eigenvalue weighted by Crippen LogP contribution is -2.34. The molecule has 0 aromatic carbocycles. The van der Waals surface area contributed by atoms with Crippen LogP contribution in [0.5, 0.6) is 5.88 Å². The van der Waals surface area contributed by atoms with Crippen molar-refractivity contribution in [3.63, 3.8) is 0 Å². The first-order valence-corrected chi connectivity index (χ1v) is 10.9. The van der Waals surface area contributed by atoms with E-state index in [4.69, 9.17) is 0 Å². The van der Waals surface area contributed by atoms with Crippen LogP contribution >= 0.6 is 0 Å². The molecule has 0 bridgehead atoms. The molecule has 0 radical (unpaired) electrons. The van der Waals surface area contributed by atoms with Gasteiger partial charge in [0, 0.05) is 18.7 Å². The molecule has 2 aromatic heterocycles. The lowest BCUT2D eigenvalue weighted by molar-refractivity contribution is -0.109. The highest BCUT2D eigenvalue weighted by Crippen LogP contribution is 2.25. The van der Waals surface area contributed by atoms with Gasteiger partial charge in [-0.15, -0.1) is 0 Å². The van der Waals surface area contributed by atoms with E-state index in [0.29, 0.717) is 30.6 Å². The number of amides is 2. The fourth-order valence-electron chi connectivity index (χ4n) is 3.38. The molecule has 11 heteroatoms. The van der Waals surface area contributed by atoms with Crippen LogP contribution in [0, 0.1) is 12.8 Å². The lowest BCUT2D eigenvalue weighted by Gasteiger charge is -2.17. The quantitative estimate of drug-likeness (QED) is 0.414. The van der Waals surface area contributed by atoms with Crippen molar-refractivity contribution in [1.82, 2.24) is 24.8 Å². The average molecular weight is 468 g/mol. The van der Waals surface area contributed by atoms with Crippen molar-refractivity contribution in [2.75, 3.05) is 13.1 Å². The number of hydrogen-bond donors (Lipinski definition) is 3. The number of halogens is 2. The molecule has 33 heavy (non-hydrogen) atoms. The second kappa shape index (κ2) is 11.6. The zero-order valence-corrected chi connectivity index (χ0v) is 19.3. The highest BCUT2D eigenvalue weighted by atomic mass is 19.2. The van der Waals surface area contributed by atoms with Gasteiger partial charge in [0.05, 0.1) is 12.2 Å². The summed E-state index contributed by atoms with van der Waals surface area (Å²) in [6, 6.07) is 0. The standard InChI is InChI=1S/C22H31F2N5O4/c1-5-9-26-19(31)18-21(32)28(11-13(2)3)20-15(14(4)27-29(20)22(18)33)7-6-8-16(23)17(24)10-25-12-30/h6-7,12-13,16-17,32H,5,8-11H2,1-4H3,(H,25,30)(H,26,31)/b7-6+. The Morgan fingerprint density at radius 1 is 1.27 bits per heavy atom. The van der Waals surface area contributed by atoms with Gasteiger partial charge in [0.1, 0.15) is 18.0 Å². The molecule has 2 aromatic rings. The molecule has 0 saturated heterocycles. The van der Waals surface area contributed by atoms with Crippen molar-refractivity contribution in [2.24, 2.45) is 5.92 Å². The molecule has 0 aliphatic rings. The van der Waals surface area contributed by atoms with Crippen LogP contribution in [0.25, 0.3) is 11.7 Å². The monoisotopic (exact) mass is 467 g/mol. The number of aromatic hydroxyl groups is 1. The van der Waals surface area contributed by atoms with E-state index < -0.39 is 41.8 Å². The van der Waals surface area contributed by atoms with E-state index in [1.807, 2.05) is 20.8 Å². The largest absolute Gasteiger partial charge is 0.494 e. The topological polar surface area (TPSA) is 118 Å². The van der Waals surface area contributed by atoms with Crippen LogP contribution in [0.15, 0.2) is 10.9 Å². The first-order chi connectivity index (χ1) is 15.6. The summed E-state index contributed by atoms with van der Waals surface area (Å²) in [5.41, 5.74) is -0.0624. The normalized spacial score (nSPS) is 13.5. The fraction of sp³-hybridized carbons (Fsp3) is 0.545. The molecule has 3 N–H and O–H groups in total. The van der Waals surface area contributed by atoms with Gasteiger partial charge in [-0.2, -0.15) is 9.61 Å². The predicted octanol–water partition coefficient (Wildman–Crippen LogP) is 2.13. The van der Waals surface area contributed by atoms with E-state index in [9.17, 15) is 28.3 Å². The van der Waals surface area contributed by atoms with Crippen LogP contribution in [0.4, 0.5) is 8.78 Å². The van der Waals surface area contributed by atoms with Crippen LogP contribution < -0.4 is 16.2 Å². The van der Waals surface area contributed by atoms with Gasteiger partial charge < -0.3 is 15.7 Å². The van der Waals surface area contributed by atoms with Gasteiger partial charge in [-0.25, -0.2) is 8.78 Å². The number of allylic oxidation sites excluding steroid dienone is 1. The molecular formula is C22H31F2N5O4. The highest BCUT2D eigenvalue weighted by molar-refractivity contribution is 5.96. The van der Waals surface area contributed by atoms with Gasteiger partial charge in [-0.3, -0.25) is 19.0 Å². The summed E-state index contributed by atoms with van der Waals surface area (Å²) in [5.74, 6) is -1.12. The van der Waals surface area contributed by atoms with E-state index in [2.05, 4.69) is 15.7 Å². The average Bonchev–Trinajstić information content (AvgIpc) is 3.09. The van der Waals surface area contributed by atoms with Crippen molar-refractivity contribution in [3.05, 3.63) is 33.3 Å². The number of nitrogens with one attached hydrogen (secondary N) is 2. The SMILES string of the molecule is CCCNC(=O)c1c(O)n(CC(C)C)c2c(/C=C/CC(F)C(F)CNC=O)c(C)nn2c1=O. The Kier molecular flexibility index (Phi) is 9.12. The number of carbonyl (C=O) groups is 2. The Hall–Kier alpha value is -3.24. The molecule has 2 heterocycles. The second-order valence-corrected chi connectivity index (χ2v) is 8.19. The third-order valence-corrected chi connectivity index (χ3v) is 4.97. The minimum Gasteiger partial charge on any atom is -0.494 e. The molecule has 2 unspecified atom stereocenters. The fourth-order valence-corrected chi connectivity index (χ4v) is 3.38. The third-order valence-electron chi connectivity index (χ3n) is 4.97. The summed E-state index contributed by atoms with van der Waals surface area (Å²) < 4.78 is 30.3. The minimum absolute atomic E-state index is 0.0497. The molecule has 2 amide bonds. The maximum atomic E-state index is 14.0. The first-order valence-electron chi connectivity index (χ1n) is 10.9. The van der Waals surface area contributed by atoms with Crippen LogP contribution in [-0.2, 0) is 11.3 Å². The van der Waals surface area contributed by atoms with E-state index in [-0.39, 0.29) is 24.5 Å². The number of fused-ring (bicyclic) bond motifs is 1. The molecule has 0 aliphatic heterocycles. The number of aromatic nitrogens is 3. The smallest absolute Gasteiger partial charge is 0.291 e. The van der Waals surface area contributed by atoms with Crippen LogP contribution in [0.3, 0.4) is 0 Å². The number of carbonyl (C=O) groups excluding carboxylic acids is 2. The number of hydrogen-bond acceptors (Lipinski definition) is 5. The maximum absolute atomic E-state index is 14.0. The maximum Gasteiger partial charge on any atom is 0.291 e. The van der Waals surface area contributed by atoms with E-state index >= 15 is 0 Å². The zero-order valence-electron chi connectivity index (χ0n) is 19.3. The van der Waals surface area contributed by atoms with Crippen molar-refractivity contribution < 1.29 is 23.5 Å². The number of alkyl halides is 2. The van der Waals surface area contributed by atoms with E-state index in [1.165, 1.54) is 16.7 Å². The molecule has 0 saturated carbocycles. The molecule has 0 aliphatic carbocycles. The van der Waals surface area contributed by atoms with Gasteiger partial charge in [-0.05, 0) is 25.7 Å². The molecule has 182 valence electrons. The Morgan fingerprint density at radius 3 is 2.58 bits per heavy atom. The summed E-state index contributed by atoms with van der Waals surface area (Å²) >= 11 is 0. The lowest BCUT2D eigenvalue weighted by atomic mass is 10.1. The molecule has 0 spiro atoms. The van der Waals surface area contributed by atoms with Crippen molar-refractivity contribution >= 4 is 24.0 Å². The van der Waals surface area contributed by atoms with Gasteiger partial charge in [-0.1, -0.05) is 32.9 Å². The van der Waals surface area contributed by atoms with Gasteiger partial charge in [0.15, 0.2) is 5.56 Å². The zero-order chi connectivity index (χ0) is 24.7. The van der Waals surface area contributed by atoms with Crippen LogP contribution in [-0.4, -0.2) is 57.0 Å².